The molecule has 3 saturated carbocycles. The van der Waals surface area contributed by atoms with Crippen LogP contribution in [0, 0.1) is 35.5 Å². The molecule has 2 unspecified atom stereocenters. The third-order valence-corrected chi connectivity index (χ3v) is 9.02. The lowest BCUT2D eigenvalue weighted by Crippen LogP contribution is -2.25. The second kappa shape index (κ2) is 13.7. The molecule has 0 amide bonds. The first kappa shape index (κ1) is 24.9. The van der Waals surface area contributed by atoms with Gasteiger partial charge in [-0.2, -0.15) is 0 Å². The Balaban J connectivity index is 1.41. The molecule has 0 aromatic rings. The van der Waals surface area contributed by atoms with Gasteiger partial charge in [-0.1, -0.05) is 76.0 Å². The first-order valence-corrected chi connectivity index (χ1v) is 14.2. The third kappa shape index (κ3) is 7.94. The zero-order valence-corrected chi connectivity index (χ0v) is 21.0. The lowest BCUT2D eigenvalue weighted by Gasteiger charge is -2.37. The molecule has 0 heteroatoms. The van der Waals surface area contributed by atoms with E-state index in [2.05, 4.69) is 38.2 Å². The summed E-state index contributed by atoms with van der Waals surface area (Å²) in [6.45, 7) is 9.31. The van der Waals surface area contributed by atoms with Crippen molar-refractivity contribution >= 4 is 0 Å². The monoisotopic (exact) mass is 424 g/mol. The lowest BCUT2D eigenvalue weighted by atomic mass is 9.68. The van der Waals surface area contributed by atoms with E-state index in [4.69, 9.17) is 6.58 Å². The molecule has 3 rings (SSSR count). The maximum atomic E-state index is 4.71. The van der Waals surface area contributed by atoms with Crippen molar-refractivity contribution in [3.05, 3.63) is 36.5 Å². The average molecular weight is 425 g/mol. The highest BCUT2D eigenvalue weighted by molar-refractivity contribution is 5.13. The van der Waals surface area contributed by atoms with Crippen LogP contribution in [0.25, 0.3) is 0 Å². The molecule has 0 radical (unpaired) electrons. The van der Waals surface area contributed by atoms with Crippen LogP contribution in [0.3, 0.4) is 0 Å². The molecule has 0 heterocycles. The van der Waals surface area contributed by atoms with E-state index in [-0.39, 0.29) is 0 Å². The Labute approximate surface area is 195 Å². The highest BCUT2D eigenvalue weighted by atomic mass is 14.4. The summed E-state index contributed by atoms with van der Waals surface area (Å²) in [6, 6.07) is 0. The molecule has 3 aliphatic carbocycles. The van der Waals surface area contributed by atoms with Gasteiger partial charge < -0.3 is 0 Å². The van der Waals surface area contributed by atoms with E-state index < -0.39 is 0 Å². The normalized spacial score (nSPS) is 35.0. The molecule has 0 saturated heterocycles. The van der Waals surface area contributed by atoms with E-state index in [1.807, 2.05) is 0 Å². The topological polar surface area (TPSA) is 0 Å². The SMILES string of the molecule is C=C(C1CCC(CCC)CC1)C1CCCCC1/C=C/CCC1CCC(/C=C/CC)CC1. The van der Waals surface area contributed by atoms with E-state index in [1.54, 1.807) is 5.57 Å². The quantitative estimate of drug-likeness (QED) is 0.306. The Kier molecular flexibility index (Phi) is 11.0. The van der Waals surface area contributed by atoms with Crippen LogP contribution in [0.5, 0.6) is 0 Å². The van der Waals surface area contributed by atoms with Gasteiger partial charge in [0.2, 0.25) is 0 Å². The van der Waals surface area contributed by atoms with Crippen LogP contribution < -0.4 is 0 Å². The van der Waals surface area contributed by atoms with Crippen LogP contribution in [0.4, 0.5) is 0 Å². The Morgan fingerprint density at radius 3 is 2.13 bits per heavy atom. The molecule has 31 heavy (non-hydrogen) atoms. The predicted octanol–water partition coefficient (Wildman–Crippen LogP) is 10.1. The zero-order chi connectivity index (χ0) is 21.9. The minimum absolute atomic E-state index is 0.776. The molecule has 0 N–H and O–H groups in total. The third-order valence-electron chi connectivity index (χ3n) is 9.02. The summed E-state index contributed by atoms with van der Waals surface area (Å²) in [5.74, 6) is 5.24. The summed E-state index contributed by atoms with van der Waals surface area (Å²) in [5.41, 5.74) is 1.64. The summed E-state index contributed by atoms with van der Waals surface area (Å²) >= 11 is 0. The Morgan fingerprint density at radius 2 is 1.42 bits per heavy atom. The highest BCUT2D eigenvalue weighted by Crippen LogP contribution is 2.43. The van der Waals surface area contributed by atoms with Crippen LogP contribution in [0.15, 0.2) is 36.5 Å². The molecule has 2 atom stereocenters. The first-order chi connectivity index (χ1) is 15.2. The largest absolute Gasteiger partial charge is 0.0993 e. The highest BCUT2D eigenvalue weighted by Gasteiger charge is 2.31. The van der Waals surface area contributed by atoms with Crippen LogP contribution in [-0.4, -0.2) is 0 Å². The van der Waals surface area contributed by atoms with Crippen molar-refractivity contribution in [2.75, 3.05) is 0 Å². The fraction of sp³-hybridized carbons (Fsp3) is 0.806. The molecule has 0 nitrogen and oxygen atoms in total. The number of rotatable bonds is 10. The molecular formula is C31H52. The minimum Gasteiger partial charge on any atom is -0.0993 e. The van der Waals surface area contributed by atoms with E-state index in [1.165, 1.54) is 109 Å². The van der Waals surface area contributed by atoms with Gasteiger partial charge in [0.25, 0.3) is 0 Å². The van der Waals surface area contributed by atoms with Crippen LogP contribution in [0.2, 0.25) is 0 Å². The second-order valence-electron chi connectivity index (χ2n) is 11.3. The van der Waals surface area contributed by atoms with Gasteiger partial charge in [0.05, 0.1) is 0 Å². The average Bonchev–Trinajstić information content (AvgIpc) is 2.82. The van der Waals surface area contributed by atoms with Crippen LogP contribution in [-0.2, 0) is 0 Å². The molecule has 0 bridgehead atoms. The van der Waals surface area contributed by atoms with Gasteiger partial charge in [-0.05, 0) is 119 Å². The minimum atomic E-state index is 0.776. The van der Waals surface area contributed by atoms with Crippen molar-refractivity contribution in [2.24, 2.45) is 35.5 Å². The van der Waals surface area contributed by atoms with Crippen molar-refractivity contribution in [2.45, 2.75) is 123 Å². The summed E-state index contributed by atoms with van der Waals surface area (Å²) < 4.78 is 0. The van der Waals surface area contributed by atoms with E-state index in [0.29, 0.717) is 0 Å². The fourth-order valence-electron chi connectivity index (χ4n) is 6.98. The predicted molar refractivity (Wildman–Crippen MR) is 138 cm³/mol. The van der Waals surface area contributed by atoms with Gasteiger partial charge in [-0.25, -0.2) is 0 Å². The van der Waals surface area contributed by atoms with Crippen molar-refractivity contribution in [3.63, 3.8) is 0 Å². The molecule has 176 valence electrons. The van der Waals surface area contributed by atoms with Crippen LogP contribution >= 0.6 is 0 Å². The van der Waals surface area contributed by atoms with Crippen molar-refractivity contribution in [1.29, 1.82) is 0 Å². The molecule has 3 fully saturated rings. The van der Waals surface area contributed by atoms with E-state index in [9.17, 15) is 0 Å². The van der Waals surface area contributed by atoms with Gasteiger partial charge in [-0.15, -0.1) is 0 Å². The molecule has 0 aliphatic heterocycles. The zero-order valence-electron chi connectivity index (χ0n) is 21.0. The number of allylic oxidation sites excluding steroid dienone is 5. The standard InChI is InChI=1S/C31H52/c1-4-6-12-27-17-19-28(20-18-27)13-7-8-14-30-15-9-10-16-31(30)25(3)29-23-21-26(11-5-2)22-24-29/h6,8,12,14,26-31H,3-5,7,9-11,13,15-24H2,1-2H3/b12-6+,14-8+. The first-order valence-electron chi connectivity index (χ1n) is 14.2. The smallest absolute Gasteiger partial charge is 0.0140 e. The van der Waals surface area contributed by atoms with E-state index in [0.717, 1.165) is 35.5 Å². The second-order valence-corrected chi connectivity index (χ2v) is 11.3. The van der Waals surface area contributed by atoms with Gasteiger partial charge in [0.15, 0.2) is 0 Å². The Morgan fingerprint density at radius 1 is 0.742 bits per heavy atom. The summed E-state index contributed by atoms with van der Waals surface area (Å²) in [4.78, 5) is 0. The molecule has 3 aliphatic rings. The van der Waals surface area contributed by atoms with Gasteiger partial charge >= 0.3 is 0 Å². The number of hydrogen-bond acceptors (Lipinski definition) is 0. The Bertz CT molecular complexity index is 551. The van der Waals surface area contributed by atoms with Crippen molar-refractivity contribution in [3.8, 4) is 0 Å². The van der Waals surface area contributed by atoms with E-state index >= 15 is 0 Å². The van der Waals surface area contributed by atoms with Gasteiger partial charge in [-0.3, -0.25) is 0 Å². The van der Waals surface area contributed by atoms with Crippen molar-refractivity contribution in [1.82, 2.24) is 0 Å². The molecule has 0 aromatic heterocycles. The fourth-order valence-corrected chi connectivity index (χ4v) is 6.98. The van der Waals surface area contributed by atoms with Gasteiger partial charge in [0, 0.05) is 0 Å². The maximum absolute atomic E-state index is 4.71. The maximum Gasteiger partial charge on any atom is -0.0140 e. The summed E-state index contributed by atoms with van der Waals surface area (Å²) in [5, 5.41) is 0. The molecular weight excluding hydrogens is 372 g/mol. The van der Waals surface area contributed by atoms with Crippen LogP contribution in [0.1, 0.15) is 123 Å². The van der Waals surface area contributed by atoms with Crippen molar-refractivity contribution < 1.29 is 0 Å². The number of hydrogen-bond donors (Lipinski definition) is 0. The lowest BCUT2D eigenvalue weighted by molar-refractivity contribution is 0.244. The molecule has 0 spiro atoms. The summed E-state index contributed by atoms with van der Waals surface area (Å²) in [7, 11) is 0. The van der Waals surface area contributed by atoms with Gasteiger partial charge in [0.1, 0.15) is 0 Å². The molecule has 0 aromatic carbocycles. The summed E-state index contributed by atoms with van der Waals surface area (Å²) in [6.07, 6.45) is 34.0. The Hall–Kier alpha value is -0.780.